The summed E-state index contributed by atoms with van der Waals surface area (Å²) < 4.78 is 13.1. The van der Waals surface area contributed by atoms with Gasteiger partial charge in [-0.1, -0.05) is 29.8 Å². The molecular formula is C15H10Cl2FN3. The average molecular weight is 322 g/mol. The van der Waals surface area contributed by atoms with Crippen LogP contribution < -0.4 is 5.32 Å². The van der Waals surface area contributed by atoms with E-state index in [1.54, 1.807) is 12.1 Å². The summed E-state index contributed by atoms with van der Waals surface area (Å²) in [6, 6.07) is 12.1. The average Bonchev–Trinajstić information content (AvgIpc) is 2.48. The first-order valence-electron chi connectivity index (χ1n) is 6.23. The summed E-state index contributed by atoms with van der Waals surface area (Å²) in [4.78, 5) is 8.35. The molecule has 0 aliphatic rings. The summed E-state index contributed by atoms with van der Waals surface area (Å²) in [5.74, 6) is 0.196. The third-order valence-electron chi connectivity index (χ3n) is 3.02. The first-order valence-corrected chi connectivity index (χ1v) is 6.99. The SMILES string of the molecule is Fc1ccc(CNc2nc(Cl)nc3ccccc23)cc1Cl. The van der Waals surface area contributed by atoms with Gasteiger partial charge in [-0.15, -0.1) is 0 Å². The van der Waals surface area contributed by atoms with Crippen LogP contribution in [0.3, 0.4) is 0 Å². The largest absolute Gasteiger partial charge is 0.365 e. The first-order chi connectivity index (χ1) is 10.1. The lowest BCUT2D eigenvalue weighted by molar-refractivity contribution is 0.627. The molecule has 0 spiro atoms. The van der Waals surface area contributed by atoms with Crippen molar-refractivity contribution in [2.45, 2.75) is 6.54 Å². The molecule has 0 saturated carbocycles. The van der Waals surface area contributed by atoms with E-state index in [2.05, 4.69) is 15.3 Å². The number of halogens is 3. The number of anilines is 1. The van der Waals surface area contributed by atoms with Gasteiger partial charge in [0.05, 0.1) is 10.5 Å². The van der Waals surface area contributed by atoms with Gasteiger partial charge in [-0.2, -0.15) is 0 Å². The van der Waals surface area contributed by atoms with Crippen LogP contribution >= 0.6 is 23.2 Å². The molecule has 1 N–H and O–H groups in total. The van der Waals surface area contributed by atoms with Crippen molar-refractivity contribution in [1.82, 2.24) is 9.97 Å². The highest BCUT2D eigenvalue weighted by atomic mass is 35.5. The smallest absolute Gasteiger partial charge is 0.224 e. The monoisotopic (exact) mass is 321 g/mol. The second kappa shape index (κ2) is 5.84. The molecule has 0 amide bonds. The molecular weight excluding hydrogens is 312 g/mol. The number of hydrogen-bond donors (Lipinski definition) is 1. The van der Waals surface area contributed by atoms with Gasteiger partial charge >= 0.3 is 0 Å². The van der Waals surface area contributed by atoms with E-state index in [0.717, 1.165) is 16.5 Å². The molecule has 0 bridgehead atoms. The van der Waals surface area contributed by atoms with E-state index in [1.807, 2.05) is 24.3 Å². The van der Waals surface area contributed by atoms with E-state index in [0.29, 0.717) is 12.4 Å². The Bertz CT molecular complexity index is 808. The van der Waals surface area contributed by atoms with Crippen LogP contribution in [-0.4, -0.2) is 9.97 Å². The Morgan fingerprint density at radius 2 is 1.86 bits per heavy atom. The molecule has 0 atom stereocenters. The Morgan fingerprint density at radius 1 is 1.05 bits per heavy atom. The van der Waals surface area contributed by atoms with E-state index in [-0.39, 0.29) is 10.3 Å². The van der Waals surface area contributed by atoms with Crippen molar-refractivity contribution < 1.29 is 4.39 Å². The quantitative estimate of drug-likeness (QED) is 0.711. The maximum atomic E-state index is 13.1. The lowest BCUT2D eigenvalue weighted by Crippen LogP contribution is -2.03. The molecule has 0 saturated heterocycles. The van der Waals surface area contributed by atoms with Gasteiger partial charge in [-0.05, 0) is 41.4 Å². The van der Waals surface area contributed by atoms with Crippen molar-refractivity contribution in [3.63, 3.8) is 0 Å². The minimum Gasteiger partial charge on any atom is -0.365 e. The molecule has 0 radical (unpaired) electrons. The molecule has 0 fully saturated rings. The second-order valence-corrected chi connectivity index (χ2v) is 5.21. The standard InChI is InChI=1S/C15H10Cl2FN3/c16-11-7-9(5-6-12(11)18)8-19-14-10-3-1-2-4-13(10)20-15(17)21-14/h1-7H,8H2,(H,19,20,21). The molecule has 0 aliphatic carbocycles. The van der Waals surface area contributed by atoms with Gasteiger partial charge in [-0.25, -0.2) is 14.4 Å². The summed E-state index contributed by atoms with van der Waals surface area (Å²) in [6.45, 7) is 0.456. The normalized spacial score (nSPS) is 10.8. The van der Waals surface area contributed by atoms with Crippen molar-refractivity contribution in [1.29, 1.82) is 0 Å². The Hall–Kier alpha value is -1.91. The molecule has 6 heteroatoms. The van der Waals surface area contributed by atoms with Gasteiger partial charge < -0.3 is 5.32 Å². The summed E-state index contributed by atoms with van der Waals surface area (Å²) in [7, 11) is 0. The Labute approximate surface area is 130 Å². The Kier molecular flexibility index (Phi) is 3.90. The van der Waals surface area contributed by atoms with Crippen LogP contribution in [0.25, 0.3) is 10.9 Å². The van der Waals surface area contributed by atoms with Crippen molar-refractivity contribution in [2.75, 3.05) is 5.32 Å². The molecule has 0 unspecified atom stereocenters. The molecule has 3 aromatic rings. The van der Waals surface area contributed by atoms with E-state index >= 15 is 0 Å². The number of nitrogens with one attached hydrogen (secondary N) is 1. The lowest BCUT2D eigenvalue weighted by Gasteiger charge is -2.09. The summed E-state index contributed by atoms with van der Waals surface area (Å²) in [5, 5.41) is 4.32. The van der Waals surface area contributed by atoms with Crippen LogP contribution in [0.4, 0.5) is 10.2 Å². The zero-order valence-corrected chi connectivity index (χ0v) is 12.3. The maximum absolute atomic E-state index is 13.1. The van der Waals surface area contributed by atoms with Crippen molar-refractivity contribution in [3.8, 4) is 0 Å². The number of aromatic nitrogens is 2. The number of benzene rings is 2. The molecule has 106 valence electrons. The number of para-hydroxylation sites is 1. The molecule has 0 aliphatic heterocycles. The minimum atomic E-state index is -0.434. The van der Waals surface area contributed by atoms with Crippen molar-refractivity contribution in [3.05, 3.63) is 64.2 Å². The second-order valence-electron chi connectivity index (χ2n) is 4.46. The van der Waals surface area contributed by atoms with Gasteiger partial charge in [0.2, 0.25) is 5.28 Å². The van der Waals surface area contributed by atoms with Gasteiger partial charge in [-0.3, -0.25) is 0 Å². The van der Waals surface area contributed by atoms with E-state index in [1.165, 1.54) is 6.07 Å². The summed E-state index contributed by atoms with van der Waals surface area (Å²) in [5.41, 5.74) is 1.61. The summed E-state index contributed by atoms with van der Waals surface area (Å²) in [6.07, 6.45) is 0. The summed E-state index contributed by atoms with van der Waals surface area (Å²) >= 11 is 11.7. The third-order valence-corrected chi connectivity index (χ3v) is 3.48. The number of hydrogen-bond acceptors (Lipinski definition) is 3. The van der Waals surface area contributed by atoms with Crippen LogP contribution in [0.15, 0.2) is 42.5 Å². The fraction of sp³-hybridized carbons (Fsp3) is 0.0667. The van der Waals surface area contributed by atoms with E-state index in [9.17, 15) is 4.39 Å². The zero-order valence-electron chi connectivity index (χ0n) is 10.8. The fourth-order valence-electron chi connectivity index (χ4n) is 2.02. The molecule has 1 heterocycles. The maximum Gasteiger partial charge on any atom is 0.224 e. The van der Waals surface area contributed by atoms with Crippen LogP contribution in [-0.2, 0) is 6.54 Å². The Morgan fingerprint density at radius 3 is 2.67 bits per heavy atom. The molecule has 2 aromatic carbocycles. The van der Waals surface area contributed by atoms with Crippen LogP contribution in [0.2, 0.25) is 10.3 Å². The van der Waals surface area contributed by atoms with E-state index in [4.69, 9.17) is 23.2 Å². The van der Waals surface area contributed by atoms with Gasteiger partial charge in [0, 0.05) is 11.9 Å². The van der Waals surface area contributed by atoms with Crippen LogP contribution in [0.5, 0.6) is 0 Å². The third kappa shape index (κ3) is 3.06. The predicted octanol–water partition coefficient (Wildman–Crippen LogP) is 4.69. The van der Waals surface area contributed by atoms with Gasteiger partial charge in [0.15, 0.2) is 0 Å². The highest BCUT2D eigenvalue weighted by Crippen LogP contribution is 2.23. The first kappa shape index (κ1) is 14.0. The highest BCUT2D eigenvalue weighted by Gasteiger charge is 2.07. The fourth-order valence-corrected chi connectivity index (χ4v) is 2.40. The van der Waals surface area contributed by atoms with Crippen molar-refractivity contribution >= 4 is 39.9 Å². The highest BCUT2D eigenvalue weighted by molar-refractivity contribution is 6.30. The van der Waals surface area contributed by atoms with Gasteiger partial charge in [0.1, 0.15) is 11.6 Å². The number of rotatable bonds is 3. The zero-order chi connectivity index (χ0) is 14.8. The predicted molar refractivity (Wildman–Crippen MR) is 83.3 cm³/mol. The molecule has 21 heavy (non-hydrogen) atoms. The minimum absolute atomic E-state index is 0.0971. The van der Waals surface area contributed by atoms with Crippen LogP contribution in [0, 0.1) is 5.82 Å². The van der Waals surface area contributed by atoms with E-state index < -0.39 is 5.82 Å². The van der Waals surface area contributed by atoms with Crippen molar-refractivity contribution in [2.24, 2.45) is 0 Å². The molecule has 1 aromatic heterocycles. The topological polar surface area (TPSA) is 37.8 Å². The number of nitrogens with zero attached hydrogens (tertiary/aromatic N) is 2. The lowest BCUT2D eigenvalue weighted by atomic mass is 10.2. The Balaban J connectivity index is 1.89. The number of fused-ring (bicyclic) bond motifs is 1. The molecule has 3 nitrogen and oxygen atoms in total. The van der Waals surface area contributed by atoms with Gasteiger partial charge in [0.25, 0.3) is 0 Å². The molecule has 3 rings (SSSR count). The van der Waals surface area contributed by atoms with Crippen LogP contribution in [0.1, 0.15) is 5.56 Å².